The zero-order chi connectivity index (χ0) is 16.0. The molecule has 0 aromatic heterocycles. The first-order chi connectivity index (χ1) is 11.9. The lowest BCUT2D eigenvalue weighted by molar-refractivity contribution is 0.0425. The molecule has 3 aliphatic carbocycles. The maximum atomic E-state index is 5.54. The third-order valence-corrected chi connectivity index (χ3v) is 7.11. The lowest BCUT2D eigenvalue weighted by Crippen LogP contribution is -2.51. The molecule has 2 atom stereocenters. The van der Waals surface area contributed by atoms with Gasteiger partial charge in [-0.3, -0.25) is 4.99 Å². The molecule has 3 nitrogen and oxygen atoms in total. The number of hydrogen-bond acceptors (Lipinski definition) is 3. The third kappa shape index (κ3) is 2.24. The second-order valence-electron chi connectivity index (χ2n) is 8.12. The Bertz CT molecular complexity index is 614. The van der Waals surface area contributed by atoms with Gasteiger partial charge < -0.3 is 9.64 Å². The minimum absolute atomic E-state index is 0.191. The molecule has 128 valence electrons. The van der Waals surface area contributed by atoms with Crippen LogP contribution < -0.4 is 0 Å². The molecule has 6 rings (SSSR count). The van der Waals surface area contributed by atoms with E-state index >= 15 is 0 Å². The standard InChI is InChI=1S/C21H28N2O/c1-2-4-16(5-3-1)20-17-6-8-18(9-7-17)21(20)11-10-19(22-21)23-12-14-24-15-13-23/h1-5,17-18,20H,6-15H2. The van der Waals surface area contributed by atoms with E-state index in [0.29, 0.717) is 5.92 Å². The van der Waals surface area contributed by atoms with Gasteiger partial charge in [0.2, 0.25) is 0 Å². The van der Waals surface area contributed by atoms with Crippen LogP contribution in [0.4, 0.5) is 0 Å². The smallest absolute Gasteiger partial charge is 0.0998 e. The van der Waals surface area contributed by atoms with Gasteiger partial charge in [0.15, 0.2) is 0 Å². The first-order valence-electron chi connectivity index (χ1n) is 9.83. The van der Waals surface area contributed by atoms with E-state index in [1.807, 2.05) is 0 Å². The summed E-state index contributed by atoms with van der Waals surface area (Å²) < 4.78 is 5.54. The molecular formula is C21H28N2O. The van der Waals surface area contributed by atoms with E-state index in [-0.39, 0.29) is 5.54 Å². The largest absolute Gasteiger partial charge is 0.378 e. The van der Waals surface area contributed by atoms with Crippen LogP contribution in [-0.4, -0.2) is 42.6 Å². The molecule has 2 bridgehead atoms. The molecule has 0 radical (unpaired) electrons. The van der Waals surface area contributed by atoms with E-state index < -0.39 is 0 Å². The van der Waals surface area contributed by atoms with Crippen LogP contribution in [0.15, 0.2) is 35.3 Å². The predicted octanol–water partition coefficient (Wildman–Crippen LogP) is 3.85. The Morgan fingerprint density at radius 3 is 2.50 bits per heavy atom. The number of aliphatic imine (C=N–C) groups is 1. The van der Waals surface area contributed by atoms with Crippen LogP contribution in [0.3, 0.4) is 0 Å². The second-order valence-corrected chi connectivity index (χ2v) is 8.12. The Hall–Kier alpha value is -1.35. The minimum Gasteiger partial charge on any atom is -0.378 e. The van der Waals surface area contributed by atoms with Gasteiger partial charge >= 0.3 is 0 Å². The SMILES string of the molecule is c1ccc(C2C3CCC(CC3)C23CCC(N2CCOCC2)=N3)cc1. The van der Waals surface area contributed by atoms with Crippen molar-refractivity contribution in [3.63, 3.8) is 0 Å². The van der Waals surface area contributed by atoms with Crippen LogP contribution >= 0.6 is 0 Å². The molecule has 4 fully saturated rings. The molecule has 5 aliphatic rings. The average Bonchev–Trinajstić information content (AvgIpc) is 3.09. The van der Waals surface area contributed by atoms with Crippen LogP contribution in [0.5, 0.6) is 0 Å². The van der Waals surface area contributed by atoms with Crippen molar-refractivity contribution < 1.29 is 4.74 Å². The van der Waals surface area contributed by atoms with Crippen LogP contribution in [-0.2, 0) is 4.74 Å². The maximum absolute atomic E-state index is 5.54. The maximum Gasteiger partial charge on any atom is 0.0998 e. The predicted molar refractivity (Wildman–Crippen MR) is 96.4 cm³/mol. The molecule has 2 heterocycles. The van der Waals surface area contributed by atoms with E-state index in [4.69, 9.17) is 9.73 Å². The van der Waals surface area contributed by atoms with Crippen molar-refractivity contribution in [1.82, 2.24) is 4.90 Å². The lowest BCUT2D eigenvalue weighted by Gasteiger charge is -2.54. The van der Waals surface area contributed by atoms with Crippen LogP contribution in [0, 0.1) is 11.8 Å². The van der Waals surface area contributed by atoms with Crippen molar-refractivity contribution in [2.75, 3.05) is 26.3 Å². The van der Waals surface area contributed by atoms with Crippen LogP contribution in [0.25, 0.3) is 0 Å². The first-order valence-corrected chi connectivity index (χ1v) is 9.83. The molecule has 0 N–H and O–H groups in total. The average molecular weight is 324 g/mol. The summed E-state index contributed by atoms with van der Waals surface area (Å²) in [5.74, 6) is 3.66. The van der Waals surface area contributed by atoms with Crippen molar-refractivity contribution in [3.05, 3.63) is 35.9 Å². The fourth-order valence-electron chi connectivity index (χ4n) is 6.07. The first kappa shape index (κ1) is 14.9. The monoisotopic (exact) mass is 324 g/mol. The summed E-state index contributed by atoms with van der Waals surface area (Å²) in [7, 11) is 0. The summed E-state index contributed by atoms with van der Waals surface area (Å²) in [4.78, 5) is 8.03. The molecule has 3 saturated carbocycles. The number of rotatable bonds is 1. The number of fused-ring (bicyclic) bond motifs is 2. The third-order valence-electron chi connectivity index (χ3n) is 7.11. The summed E-state index contributed by atoms with van der Waals surface area (Å²) in [5, 5.41) is 0. The Labute approximate surface area is 145 Å². The van der Waals surface area contributed by atoms with E-state index in [9.17, 15) is 0 Å². The highest BCUT2D eigenvalue weighted by molar-refractivity contribution is 5.85. The van der Waals surface area contributed by atoms with E-state index in [2.05, 4.69) is 35.2 Å². The number of nitrogens with zero attached hydrogens (tertiary/aromatic N) is 2. The number of benzene rings is 1. The number of hydrogen-bond donors (Lipinski definition) is 0. The van der Waals surface area contributed by atoms with Gasteiger partial charge in [-0.25, -0.2) is 0 Å². The van der Waals surface area contributed by atoms with Gasteiger partial charge in [-0.1, -0.05) is 30.3 Å². The van der Waals surface area contributed by atoms with Crippen molar-refractivity contribution >= 4 is 5.84 Å². The van der Waals surface area contributed by atoms with Gasteiger partial charge in [0.25, 0.3) is 0 Å². The Morgan fingerprint density at radius 2 is 1.75 bits per heavy atom. The van der Waals surface area contributed by atoms with Gasteiger partial charge in [-0.15, -0.1) is 0 Å². The molecule has 1 spiro atoms. The molecule has 2 aliphatic heterocycles. The Kier molecular flexibility index (Phi) is 3.66. The van der Waals surface area contributed by atoms with Crippen molar-refractivity contribution in [1.29, 1.82) is 0 Å². The molecular weight excluding hydrogens is 296 g/mol. The highest BCUT2D eigenvalue weighted by Crippen LogP contribution is 2.60. The molecule has 2 unspecified atom stereocenters. The fourth-order valence-corrected chi connectivity index (χ4v) is 6.07. The van der Waals surface area contributed by atoms with Gasteiger partial charge in [0, 0.05) is 25.4 Å². The summed E-state index contributed by atoms with van der Waals surface area (Å²) in [6, 6.07) is 11.3. The van der Waals surface area contributed by atoms with Crippen molar-refractivity contribution in [2.45, 2.75) is 50.0 Å². The van der Waals surface area contributed by atoms with E-state index in [1.165, 1.54) is 44.4 Å². The summed E-state index contributed by atoms with van der Waals surface area (Å²) in [5.41, 5.74) is 1.73. The molecule has 1 aromatic carbocycles. The van der Waals surface area contributed by atoms with Gasteiger partial charge in [0.05, 0.1) is 24.6 Å². The molecule has 3 heteroatoms. The molecule has 1 aromatic rings. The van der Waals surface area contributed by atoms with Crippen molar-refractivity contribution in [3.8, 4) is 0 Å². The van der Waals surface area contributed by atoms with Crippen LogP contribution in [0.2, 0.25) is 0 Å². The highest BCUT2D eigenvalue weighted by atomic mass is 16.5. The quantitative estimate of drug-likeness (QED) is 0.784. The number of amidine groups is 1. The Balaban J connectivity index is 1.53. The second kappa shape index (κ2) is 5.87. The van der Waals surface area contributed by atoms with E-state index in [1.54, 1.807) is 5.56 Å². The van der Waals surface area contributed by atoms with Gasteiger partial charge in [0.1, 0.15) is 0 Å². The minimum atomic E-state index is 0.191. The zero-order valence-electron chi connectivity index (χ0n) is 14.5. The van der Waals surface area contributed by atoms with Gasteiger partial charge in [-0.2, -0.15) is 0 Å². The van der Waals surface area contributed by atoms with Crippen molar-refractivity contribution in [2.24, 2.45) is 16.8 Å². The zero-order valence-corrected chi connectivity index (χ0v) is 14.5. The highest BCUT2D eigenvalue weighted by Gasteiger charge is 2.56. The van der Waals surface area contributed by atoms with Crippen LogP contribution in [0.1, 0.15) is 50.0 Å². The van der Waals surface area contributed by atoms with Gasteiger partial charge in [-0.05, 0) is 49.5 Å². The summed E-state index contributed by atoms with van der Waals surface area (Å²) in [6.45, 7) is 3.78. The molecule has 24 heavy (non-hydrogen) atoms. The number of morpholine rings is 1. The van der Waals surface area contributed by atoms with E-state index in [0.717, 1.165) is 38.1 Å². The molecule has 0 amide bonds. The normalized spacial score (nSPS) is 38.6. The fraction of sp³-hybridized carbons (Fsp3) is 0.667. The summed E-state index contributed by atoms with van der Waals surface area (Å²) in [6.07, 6.45) is 8.05. The lowest BCUT2D eigenvalue weighted by atomic mass is 9.52. The molecule has 1 saturated heterocycles. The summed E-state index contributed by atoms with van der Waals surface area (Å²) >= 11 is 0. The topological polar surface area (TPSA) is 24.8 Å². The number of ether oxygens (including phenoxy) is 1. The Morgan fingerprint density at radius 1 is 1.00 bits per heavy atom.